The molecule has 6 nitrogen and oxygen atoms in total. The van der Waals surface area contributed by atoms with E-state index in [4.69, 9.17) is 24.9 Å². The van der Waals surface area contributed by atoms with Crippen LogP contribution < -0.4 is 5.32 Å². The molecule has 0 aliphatic carbocycles. The molecule has 58 heavy (non-hydrogen) atoms. The molecule has 1 unspecified atom stereocenters. The van der Waals surface area contributed by atoms with Gasteiger partial charge in [0.25, 0.3) is 0 Å². The topological polar surface area (TPSA) is 75.4 Å². The molecule has 1 N–H and O–H groups in total. The zero-order valence-electron chi connectivity index (χ0n) is 31.4. The average Bonchev–Trinajstić information content (AvgIpc) is 3.32. The first kappa shape index (κ1) is 34.6. The Morgan fingerprint density at radius 3 is 1.19 bits per heavy atom. The Bertz CT molecular complexity index is 2870. The number of fused-ring (bicyclic) bond motifs is 1. The Hall–Kier alpha value is -7.83. The summed E-state index contributed by atoms with van der Waals surface area (Å²) in [7, 11) is 0. The standard InChI is InChI=1S/C52H36N6/c1-5-13-37(14-6-1)47-53-48(38-15-7-2-8-16-38)56-51(55-47)41-25-21-35(22-26-41)43-29-31-46-34-44(30-32-45(46)33-43)36-23-27-42(28-24-36)52-57-49(39-17-9-3-10-18-39)54-50(58-52)40-19-11-4-12-20-40/h1-34,51H,(H,53,55,56). The quantitative estimate of drug-likeness (QED) is 0.168. The van der Waals surface area contributed by atoms with E-state index in [0.717, 1.165) is 67.3 Å². The maximum absolute atomic E-state index is 5.03. The molecular formula is C52H36N6. The molecule has 0 spiro atoms. The number of rotatable bonds is 8. The number of nitrogens with zero attached hydrogens (tertiary/aromatic N) is 5. The fourth-order valence-corrected chi connectivity index (χ4v) is 7.29. The highest BCUT2D eigenvalue weighted by molar-refractivity contribution is 6.13. The lowest BCUT2D eigenvalue weighted by Crippen LogP contribution is -2.33. The van der Waals surface area contributed by atoms with Crippen molar-refractivity contribution in [3.8, 4) is 56.4 Å². The zero-order valence-corrected chi connectivity index (χ0v) is 31.4. The van der Waals surface area contributed by atoms with Gasteiger partial charge < -0.3 is 5.32 Å². The average molecular weight is 745 g/mol. The summed E-state index contributed by atoms with van der Waals surface area (Å²) in [6.45, 7) is 0. The van der Waals surface area contributed by atoms with Crippen LogP contribution in [0.15, 0.2) is 216 Å². The number of aliphatic imine (C=N–C) groups is 2. The van der Waals surface area contributed by atoms with Crippen molar-refractivity contribution < 1.29 is 0 Å². The van der Waals surface area contributed by atoms with E-state index in [1.807, 2.05) is 97.1 Å². The maximum atomic E-state index is 5.03. The van der Waals surface area contributed by atoms with E-state index in [-0.39, 0.29) is 6.17 Å². The van der Waals surface area contributed by atoms with Gasteiger partial charge in [-0.1, -0.05) is 194 Å². The molecule has 0 amide bonds. The van der Waals surface area contributed by atoms with Crippen molar-refractivity contribution in [3.63, 3.8) is 0 Å². The van der Waals surface area contributed by atoms with Crippen molar-refractivity contribution in [2.75, 3.05) is 0 Å². The number of hydrogen-bond donors (Lipinski definition) is 1. The first-order chi connectivity index (χ1) is 28.7. The lowest BCUT2D eigenvalue weighted by Gasteiger charge is -2.23. The molecule has 1 aromatic heterocycles. The summed E-state index contributed by atoms with van der Waals surface area (Å²) in [4.78, 5) is 24.6. The third-order valence-electron chi connectivity index (χ3n) is 10.4. The van der Waals surface area contributed by atoms with Crippen LogP contribution >= 0.6 is 0 Å². The maximum Gasteiger partial charge on any atom is 0.164 e. The van der Waals surface area contributed by atoms with Gasteiger partial charge in [0.2, 0.25) is 0 Å². The van der Waals surface area contributed by atoms with Crippen LogP contribution in [-0.4, -0.2) is 26.6 Å². The van der Waals surface area contributed by atoms with Gasteiger partial charge in [-0.2, -0.15) is 0 Å². The Morgan fingerprint density at radius 1 is 0.328 bits per heavy atom. The summed E-state index contributed by atoms with van der Waals surface area (Å²) in [6, 6.07) is 70.9. The monoisotopic (exact) mass is 744 g/mol. The Morgan fingerprint density at radius 2 is 0.707 bits per heavy atom. The summed E-state index contributed by atoms with van der Waals surface area (Å²) in [5, 5.41) is 5.94. The fraction of sp³-hybridized carbons (Fsp3) is 0.0192. The minimum Gasteiger partial charge on any atom is -0.344 e. The summed E-state index contributed by atoms with van der Waals surface area (Å²) in [6.07, 6.45) is -0.267. The van der Waals surface area contributed by atoms with Crippen LogP contribution in [-0.2, 0) is 0 Å². The summed E-state index contributed by atoms with van der Waals surface area (Å²) in [5.74, 6) is 3.47. The molecule has 0 saturated carbocycles. The molecule has 0 fully saturated rings. The lowest BCUT2D eigenvalue weighted by atomic mass is 9.96. The van der Waals surface area contributed by atoms with E-state index >= 15 is 0 Å². The van der Waals surface area contributed by atoms with Crippen molar-refractivity contribution in [2.24, 2.45) is 9.98 Å². The van der Waals surface area contributed by atoms with Gasteiger partial charge in [-0.15, -0.1) is 0 Å². The van der Waals surface area contributed by atoms with Gasteiger partial charge in [-0.05, 0) is 50.7 Å². The second-order valence-corrected chi connectivity index (χ2v) is 14.2. The van der Waals surface area contributed by atoms with Gasteiger partial charge in [0.1, 0.15) is 12.0 Å². The van der Waals surface area contributed by atoms with E-state index in [0.29, 0.717) is 17.5 Å². The summed E-state index contributed by atoms with van der Waals surface area (Å²) < 4.78 is 0. The van der Waals surface area contributed by atoms with Gasteiger partial charge in [-0.3, -0.25) is 0 Å². The molecule has 274 valence electrons. The van der Waals surface area contributed by atoms with Crippen LogP contribution in [0.25, 0.3) is 67.2 Å². The van der Waals surface area contributed by atoms with Crippen LogP contribution in [0.3, 0.4) is 0 Å². The molecule has 1 aliphatic rings. The molecule has 0 saturated heterocycles. The number of hydrogen-bond acceptors (Lipinski definition) is 6. The van der Waals surface area contributed by atoms with E-state index in [1.54, 1.807) is 0 Å². The predicted octanol–water partition coefficient (Wildman–Crippen LogP) is 11.9. The summed E-state index contributed by atoms with van der Waals surface area (Å²) >= 11 is 0. The van der Waals surface area contributed by atoms with Crippen LogP contribution in [0.1, 0.15) is 22.9 Å². The largest absolute Gasteiger partial charge is 0.344 e. The van der Waals surface area contributed by atoms with E-state index in [9.17, 15) is 0 Å². The predicted molar refractivity (Wildman–Crippen MR) is 236 cm³/mol. The number of benzene rings is 8. The third kappa shape index (κ3) is 7.18. The minimum atomic E-state index is -0.267. The highest BCUT2D eigenvalue weighted by Gasteiger charge is 2.21. The van der Waals surface area contributed by atoms with Crippen LogP contribution in [0.5, 0.6) is 0 Å². The Labute approximate surface area is 337 Å². The molecule has 9 aromatic rings. The van der Waals surface area contributed by atoms with Crippen molar-refractivity contribution in [1.29, 1.82) is 0 Å². The van der Waals surface area contributed by atoms with E-state index in [2.05, 4.69) is 115 Å². The van der Waals surface area contributed by atoms with Gasteiger partial charge >= 0.3 is 0 Å². The highest BCUT2D eigenvalue weighted by Crippen LogP contribution is 2.32. The van der Waals surface area contributed by atoms with Gasteiger partial charge in [0.05, 0.1) is 0 Å². The molecule has 2 heterocycles. The number of amidine groups is 2. The normalized spacial score (nSPS) is 13.7. The highest BCUT2D eigenvalue weighted by atomic mass is 15.2. The van der Waals surface area contributed by atoms with Crippen molar-refractivity contribution in [3.05, 3.63) is 223 Å². The molecule has 6 heteroatoms. The second kappa shape index (κ2) is 15.4. The van der Waals surface area contributed by atoms with Crippen LogP contribution in [0.2, 0.25) is 0 Å². The van der Waals surface area contributed by atoms with Gasteiger partial charge in [0, 0.05) is 27.8 Å². The summed E-state index contributed by atoms with van der Waals surface area (Å²) in [5.41, 5.74) is 10.5. The second-order valence-electron chi connectivity index (χ2n) is 14.2. The molecule has 0 bridgehead atoms. The lowest BCUT2D eigenvalue weighted by molar-refractivity contribution is 0.674. The van der Waals surface area contributed by atoms with Crippen LogP contribution in [0, 0.1) is 0 Å². The number of aromatic nitrogens is 3. The fourth-order valence-electron chi connectivity index (χ4n) is 7.29. The van der Waals surface area contributed by atoms with Crippen LogP contribution in [0.4, 0.5) is 0 Å². The molecule has 10 rings (SSSR count). The first-order valence-corrected chi connectivity index (χ1v) is 19.4. The first-order valence-electron chi connectivity index (χ1n) is 19.4. The Kier molecular flexibility index (Phi) is 9.18. The molecule has 0 radical (unpaired) electrons. The molecular weight excluding hydrogens is 709 g/mol. The van der Waals surface area contributed by atoms with Gasteiger partial charge in [0.15, 0.2) is 23.3 Å². The van der Waals surface area contributed by atoms with Crippen molar-refractivity contribution >= 4 is 22.4 Å². The SMILES string of the molecule is c1ccc(C2=NC(c3ccc(-c4ccc5cc(-c6ccc(-c7nc(-c8ccccc8)nc(-c8ccccc8)n7)cc6)ccc5c4)cc3)NC(c3ccccc3)=N2)cc1. The molecule has 8 aromatic carbocycles. The zero-order chi connectivity index (χ0) is 38.7. The third-order valence-corrected chi connectivity index (χ3v) is 10.4. The Balaban J connectivity index is 0.895. The molecule has 1 atom stereocenters. The van der Waals surface area contributed by atoms with Crippen molar-refractivity contribution in [1.82, 2.24) is 20.3 Å². The van der Waals surface area contributed by atoms with Gasteiger partial charge in [-0.25, -0.2) is 24.9 Å². The minimum absolute atomic E-state index is 0.267. The van der Waals surface area contributed by atoms with E-state index < -0.39 is 0 Å². The van der Waals surface area contributed by atoms with E-state index in [1.165, 1.54) is 10.8 Å². The molecule has 1 aliphatic heterocycles. The van der Waals surface area contributed by atoms with Crippen molar-refractivity contribution in [2.45, 2.75) is 6.17 Å². The smallest absolute Gasteiger partial charge is 0.164 e. The number of nitrogens with one attached hydrogen (secondary N) is 1.